The van der Waals surface area contributed by atoms with Crippen LogP contribution in [0.25, 0.3) is 0 Å². The van der Waals surface area contributed by atoms with Crippen LogP contribution < -0.4 is 10.6 Å². The summed E-state index contributed by atoms with van der Waals surface area (Å²) in [7, 11) is 0. The highest BCUT2D eigenvalue weighted by Crippen LogP contribution is 2.12. The van der Waals surface area contributed by atoms with Crippen molar-refractivity contribution in [3.63, 3.8) is 0 Å². The lowest BCUT2D eigenvalue weighted by molar-refractivity contribution is 0.0657. The Hall–Kier alpha value is -2.40. The van der Waals surface area contributed by atoms with Gasteiger partial charge in [0.2, 0.25) is 0 Å². The molecule has 0 heterocycles. The lowest BCUT2D eigenvalue weighted by atomic mass is 10.1. The summed E-state index contributed by atoms with van der Waals surface area (Å²) in [6.45, 7) is 4.90. The highest BCUT2D eigenvalue weighted by atomic mass is 19.1. The molecule has 2 rings (SSSR count). The minimum atomic E-state index is -0.284. The number of anilines is 1. The maximum atomic E-state index is 13.1. The number of nitrogens with one attached hydrogen (secondary N) is 2. The van der Waals surface area contributed by atoms with E-state index >= 15 is 0 Å². The minimum absolute atomic E-state index is 0.160. The van der Waals surface area contributed by atoms with E-state index in [9.17, 15) is 9.18 Å². The standard InChI is InChI=1S/C19H23FN2O2/c1-14(2)24-13-16-6-4-8-18(12-16)22-19(23)21-10-9-15-5-3-7-17(20)11-15/h3-8,11-12,14H,9-10,13H2,1-2H3,(H2,21,22,23). The number of hydrogen-bond acceptors (Lipinski definition) is 2. The lowest BCUT2D eigenvalue weighted by Gasteiger charge is -2.11. The summed E-state index contributed by atoms with van der Waals surface area (Å²) in [6, 6.07) is 13.6. The van der Waals surface area contributed by atoms with Crippen LogP contribution in [0.4, 0.5) is 14.9 Å². The molecule has 0 bridgehead atoms. The van der Waals surface area contributed by atoms with E-state index in [1.54, 1.807) is 6.07 Å². The second-order valence-corrected chi connectivity index (χ2v) is 5.82. The fraction of sp³-hybridized carbons (Fsp3) is 0.316. The summed E-state index contributed by atoms with van der Waals surface area (Å²) < 4.78 is 18.6. The van der Waals surface area contributed by atoms with E-state index in [4.69, 9.17) is 4.74 Å². The monoisotopic (exact) mass is 330 g/mol. The van der Waals surface area contributed by atoms with Crippen molar-refractivity contribution >= 4 is 11.7 Å². The first-order valence-electron chi connectivity index (χ1n) is 8.03. The molecule has 0 saturated carbocycles. The Morgan fingerprint density at radius 2 is 1.88 bits per heavy atom. The maximum absolute atomic E-state index is 13.1. The average Bonchev–Trinajstić information content (AvgIpc) is 2.53. The first-order valence-corrected chi connectivity index (χ1v) is 8.03. The summed E-state index contributed by atoms with van der Waals surface area (Å²) in [5, 5.41) is 5.55. The van der Waals surface area contributed by atoms with Crippen LogP contribution in [0.2, 0.25) is 0 Å². The number of amides is 2. The largest absolute Gasteiger partial charge is 0.374 e. The Balaban J connectivity index is 1.78. The number of carbonyl (C=O) groups excluding carboxylic acids is 1. The lowest BCUT2D eigenvalue weighted by Crippen LogP contribution is -2.30. The van der Waals surface area contributed by atoms with Gasteiger partial charge in [-0.1, -0.05) is 24.3 Å². The summed E-state index contributed by atoms with van der Waals surface area (Å²) in [4.78, 5) is 11.9. The van der Waals surface area contributed by atoms with Gasteiger partial charge in [0.05, 0.1) is 12.7 Å². The number of rotatable bonds is 7. The van der Waals surface area contributed by atoms with Gasteiger partial charge in [-0.3, -0.25) is 0 Å². The zero-order chi connectivity index (χ0) is 17.4. The van der Waals surface area contributed by atoms with E-state index in [1.807, 2.05) is 44.2 Å². The first kappa shape index (κ1) is 17.9. The number of halogens is 1. The molecule has 2 aromatic rings. The molecule has 0 aromatic heterocycles. The van der Waals surface area contributed by atoms with Crippen LogP contribution in [0.3, 0.4) is 0 Å². The third kappa shape index (κ3) is 6.38. The smallest absolute Gasteiger partial charge is 0.319 e. The van der Waals surface area contributed by atoms with Gasteiger partial charge < -0.3 is 15.4 Å². The van der Waals surface area contributed by atoms with E-state index in [-0.39, 0.29) is 18.0 Å². The van der Waals surface area contributed by atoms with Crippen molar-refractivity contribution in [1.29, 1.82) is 0 Å². The predicted octanol–water partition coefficient (Wildman–Crippen LogP) is 4.11. The Labute approximate surface area is 142 Å². The summed E-state index contributed by atoms with van der Waals surface area (Å²) >= 11 is 0. The third-order valence-corrected chi connectivity index (χ3v) is 3.36. The van der Waals surface area contributed by atoms with Crippen molar-refractivity contribution in [3.05, 3.63) is 65.5 Å². The van der Waals surface area contributed by atoms with Gasteiger partial charge in [0.15, 0.2) is 0 Å². The topological polar surface area (TPSA) is 50.4 Å². The molecule has 5 heteroatoms. The van der Waals surface area contributed by atoms with Crippen molar-refractivity contribution in [2.45, 2.75) is 33.0 Å². The first-order chi connectivity index (χ1) is 11.5. The van der Waals surface area contributed by atoms with E-state index in [2.05, 4.69) is 10.6 Å². The molecule has 0 saturated heterocycles. The minimum Gasteiger partial charge on any atom is -0.374 e. The normalized spacial score (nSPS) is 10.7. The zero-order valence-electron chi connectivity index (χ0n) is 14.0. The summed E-state index contributed by atoms with van der Waals surface area (Å²) in [5.74, 6) is -0.266. The van der Waals surface area contributed by atoms with Crippen molar-refractivity contribution < 1.29 is 13.9 Å². The molecule has 0 radical (unpaired) electrons. The molecule has 4 nitrogen and oxygen atoms in total. The highest BCUT2D eigenvalue weighted by molar-refractivity contribution is 5.89. The molecule has 0 spiro atoms. The molecular formula is C19H23FN2O2. The quantitative estimate of drug-likeness (QED) is 0.802. The van der Waals surface area contributed by atoms with Crippen LogP contribution in [0.15, 0.2) is 48.5 Å². The van der Waals surface area contributed by atoms with Gasteiger partial charge in [-0.25, -0.2) is 9.18 Å². The fourth-order valence-electron chi connectivity index (χ4n) is 2.19. The Morgan fingerprint density at radius 3 is 2.62 bits per heavy atom. The van der Waals surface area contributed by atoms with E-state index in [0.29, 0.717) is 25.3 Å². The average molecular weight is 330 g/mol. The van der Waals surface area contributed by atoms with Crippen molar-refractivity contribution in [1.82, 2.24) is 5.32 Å². The molecule has 128 valence electrons. The highest BCUT2D eigenvalue weighted by Gasteiger charge is 2.03. The van der Waals surface area contributed by atoms with Crippen LogP contribution >= 0.6 is 0 Å². The molecule has 0 unspecified atom stereocenters. The molecular weight excluding hydrogens is 307 g/mol. The van der Waals surface area contributed by atoms with E-state index in [0.717, 1.165) is 11.1 Å². The Kier molecular flexibility index (Phi) is 6.75. The predicted molar refractivity (Wildman–Crippen MR) is 93.5 cm³/mol. The molecule has 0 aliphatic carbocycles. The van der Waals surface area contributed by atoms with Crippen LogP contribution in [0.1, 0.15) is 25.0 Å². The molecule has 24 heavy (non-hydrogen) atoms. The Morgan fingerprint density at radius 1 is 1.12 bits per heavy atom. The van der Waals surface area contributed by atoms with Crippen molar-refractivity contribution in [3.8, 4) is 0 Å². The van der Waals surface area contributed by atoms with Gasteiger partial charge >= 0.3 is 6.03 Å². The fourth-order valence-corrected chi connectivity index (χ4v) is 2.19. The summed E-state index contributed by atoms with van der Waals surface area (Å²) in [5.41, 5.74) is 2.56. The van der Waals surface area contributed by atoms with Crippen molar-refractivity contribution in [2.24, 2.45) is 0 Å². The van der Waals surface area contributed by atoms with Crippen molar-refractivity contribution in [2.75, 3.05) is 11.9 Å². The number of urea groups is 1. The number of benzene rings is 2. The number of hydrogen-bond donors (Lipinski definition) is 2. The van der Waals surface area contributed by atoms with Crippen LogP contribution in [0.5, 0.6) is 0 Å². The van der Waals surface area contributed by atoms with Gasteiger partial charge in [0, 0.05) is 12.2 Å². The van der Waals surface area contributed by atoms with Gasteiger partial charge in [-0.2, -0.15) is 0 Å². The van der Waals surface area contributed by atoms with Gasteiger partial charge in [0.1, 0.15) is 5.82 Å². The van der Waals surface area contributed by atoms with Gasteiger partial charge in [-0.15, -0.1) is 0 Å². The van der Waals surface area contributed by atoms with Crippen LogP contribution in [-0.4, -0.2) is 18.7 Å². The summed E-state index contributed by atoms with van der Waals surface area (Å²) in [6.07, 6.45) is 0.737. The second kappa shape index (κ2) is 9.03. The Bertz CT molecular complexity index is 674. The molecule has 0 aliphatic rings. The second-order valence-electron chi connectivity index (χ2n) is 5.82. The molecule has 0 aliphatic heterocycles. The molecule has 2 amide bonds. The molecule has 0 fully saturated rings. The van der Waals surface area contributed by atoms with Gasteiger partial charge in [-0.05, 0) is 55.7 Å². The molecule has 2 N–H and O–H groups in total. The van der Waals surface area contributed by atoms with Crippen LogP contribution in [0, 0.1) is 5.82 Å². The number of ether oxygens (including phenoxy) is 1. The maximum Gasteiger partial charge on any atom is 0.319 e. The van der Waals surface area contributed by atoms with E-state index < -0.39 is 0 Å². The molecule has 2 aromatic carbocycles. The van der Waals surface area contributed by atoms with Gasteiger partial charge in [0.25, 0.3) is 0 Å². The SMILES string of the molecule is CC(C)OCc1cccc(NC(=O)NCCc2cccc(F)c2)c1. The van der Waals surface area contributed by atoms with E-state index in [1.165, 1.54) is 12.1 Å². The zero-order valence-corrected chi connectivity index (χ0v) is 14.0. The van der Waals surface area contributed by atoms with Crippen LogP contribution in [-0.2, 0) is 17.8 Å². The molecule has 0 atom stereocenters. The number of carbonyl (C=O) groups is 1. The third-order valence-electron chi connectivity index (χ3n) is 3.36.